The average molecular weight is 434 g/mol. The van der Waals surface area contributed by atoms with Crippen LogP contribution in [0.5, 0.6) is 0 Å². The van der Waals surface area contributed by atoms with Crippen LogP contribution in [-0.2, 0) is 17.8 Å². The van der Waals surface area contributed by atoms with Gasteiger partial charge in [-0.15, -0.1) is 0 Å². The van der Waals surface area contributed by atoms with Gasteiger partial charge in [-0.05, 0) is 47.5 Å². The molecule has 1 atom stereocenters. The number of amides is 3. The molecule has 3 N–H and O–H groups in total. The molecule has 6 nitrogen and oxygen atoms in total. The minimum Gasteiger partial charge on any atom is -0.366 e. The molecule has 1 aliphatic heterocycles. The third-order valence-corrected chi connectivity index (χ3v) is 5.68. The van der Waals surface area contributed by atoms with Gasteiger partial charge in [0.25, 0.3) is 5.91 Å². The fraction of sp³-hybridized carbons (Fsp3) is 0.125. The molecule has 1 heterocycles. The van der Waals surface area contributed by atoms with Crippen molar-refractivity contribution in [2.75, 3.05) is 5.32 Å². The second-order valence-corrected chi connectivity index (χ2v) is 7.74. The minimum absolute atomic E-state index is 0.302. The van der Waals surface area contributed by atoms with Gasteiger partial charge < -0.3 is 16.0 Å². The summed E-state index contributed by atoms with van der Waals surface area (Å²) < 4.78 is 0. The number of nitrogens with one attached hydrogen (secondary N) is 1. The Hall–Kier alpha value is -3.64. The van der Waals surface area contributed by atoms with E-state index in [-0.39, 0.29) is 11.8 Å². The second-order valence-electron chi connectivity index (χ2n) is 7.33. The summed E-state index contributed by atoms with van der Waals surface area (Å²) in [6.07, 6.45) is 0.386. The van der Waals surface area contributed by atoms with Crippen LogP contribution in [0.2, 0.25) is 5.02 Å². The predicted molar refractivity (Wildman–Crippen MR) is 119 cm³/mol. The summed E-state index contributed by atoms with van der Waals surface area (Å²) in [6, 6.07) is 20.1. The first-order chi connectivity index (χ1) is 14.9. The number of fused-ring (bicyclic) bond motifs is 1. The molecule has 4 rings (SSSR count). The molecule has 0 fully saturated rings. The molecule has 0 aromatic heterocycles. The quantitative estimate of drug-likeness (QED) is 0.657. The lowest BCUT2D eigenvalue weighted by atomic mass is 9.92. The first kappa shape index (κ1) is 20.6. The first-order valence-corrected chi connectivity index (χ1v) is 10.1. The monoisotopic (exact) mass is 433 g/mol. The Labute approximate surface area is 184 Å². The Morgan fingerprint density at radius 3 is 2.23 bits per heavy atom. The van der Waals surface area contributed by atoms with Gasteiger partial charge in [-0.2, -0.15) is 0 Å². The normalized spacial score (nSPS) is 15.1. The van der Waals surface area contributed by atoms with E-state index in [0.29, 0.717) is 34.8 Å². The maximum atomic E-state index is 13.3. The van der Waals surface area contributed by atoms with Crippen LogP contribution in [0.25, 0.3) is 0 Å². The van der Waals surface area contributed by atoms with Crippen LogP contribution in [0, 0.1) is 0 Å². The highest BCUT2D eigenvalue weighted by atomic mass is 35.5. The number of benzene rings is 3. The Morgan fingerprint density at radius 2 is 1.55 bits per heavy atom. The van der Waals surface area contributed by atoms with Crippen LogP contribution in [0.15, 0.2) is 72.8 Å². The minimum atomic E-state index is -0.713. The number of carbonyl (C=O) groups excluding carboxylic acids is 3. The van der Waals surface area contributed by atoms with E-state index in [4.69, 9.17) is 17.3 Å². The maximum absolute atomic E-state index is 13.3. The number of anilines is 1. The number of hydrogen-bond donors (Lipinski definition) is 2. The Bertz CT molecular complexity index is 1160. The Morgan fingerprint density at radius 1 is 0.903 bits per heavy atom. The summed E-state index contributed by atoms with van der Waals surface area (Å²) in [5, 5.41) is 3.18. The van der Waals surface area contributed by atoms with Gasteiger partial charge in [0.2, 0.25) is 11.8 Å². The van der Waals surface area contributed by atoms with Gasteiger partial charge in [-0.3, -0.25) is 14.4 Å². The third-order valence-electron chi connectivity index (χ3n) is 5.35. The van der Waals surface area contributed by atoms with E-state index in [1.54, 1.807) is 53.4 Å². The lowest BCUT2D eigenvalue weighted by Crippen LogP contribution is -2.50. The molecule has 0 spiro atoms. The second kappa shape index (κ2) is 8.62. The van der Waals surface area contributed by atoms with Gasteiger partial charge in [0, 0.05) is 24.2 Å². The number of nitrogens with zero attached hydrogens (tertiary/aromatic N) is 1. The number of hydrogen-bond acceptors (Lipinski definition) is 3. The van der Waals surface area contributed by atoms with Gasteiger partial charge >= 0.3 is 0 Å². The molecule has 0 bridgehead atoms. The predicted octanol–water partition coefficient (Wildman–Crippen LogP) is 3.64. The summed E-state index contributed by atoms with van der Waals surface area (Å²) in [4.78, 5) is 39.3. The summed E-state index contributed by atoms with van der Waals surface area (Å²) in [7, 11) is 0. The molecule has 3 amide bonds. The number of rotatable bonds is 4. The zero-order chi connectivity index (χ0) is 22.0. The highest BCUT2D eigenvalue weighted by Gasteiger charge is 2.35. The van der Waals surface area contributed by atoms with Crippen molar-refractivity contribution in [2.24, 2.45) is 5.73 Å². The molecular weight excluding hydrogens is 414 g/mol. The summed E-state index contributed by atoms with van der Waals surface area (Å²) in [6.45, 7) is 0.304. The van der Waals surface area contributed by atoms with Crippen LogP contribution >= 0.6 is 11.6 Å². The van der Waals surface area contributed by atoms with E-state index in [1.807, 2.05) is 24.3 Å². The maximum Gasteiger partial charge on any atom is 0.256 e. The Kier molecular flexibility index (Phi) is 5.73. The molecule has 0 saturated carbocycles. The summed E-state index contributed by atoms with van der Waals surface area (Å²) >= 11 is 6.25. The zero-order valence-electron chi connectivity index (χ0n) is 16.5. The molecule has 31 heavy (non-hydrogen) atoms. The van der Waals surface area contributed by atoms with Crippen molar-refractivity contribution in [3.63, 3.8) is 0 Å². The lowest BCUT2D eigenvalue weighted by Gasteiger charge is -2.36. The molecule has 7 heteroatoms. The highest BCUT2D eigenvalue weighted by Crippen LogP contribution is 2.28. The van der Waals surface area contributed by atoms with Crippen LogP contribution in [-0.4, -0.2) is 28.7 Å². The molecule has 156 valence electrons. The summed E-state index contributed by atoms with van der Waals surface area (Å²) in [5.74, 6) is -1.16. The smallest absolute Gasteiger partial charge is 0.256 e. The van der Waals surface area contributed by atoms with Crippen LogP contribution < -0.4 is 11.1 Å². The summed E-state index contributed by atoms with van der Waals surface area (Å²) in [5.41, 5.74) is 8.50. The van der Waals surface area contributed by atoms with E-state index < -0.39 is 11.9 Å². The van der Waals surface area contributed by atoms with Crippen molar-refractivity contribution >= 4 is 35.0 Å². The van der Waals surface area contributed by atoms with E-state index >= 15 is 0 Å². The largest absolute Gasteiger partial charge is 0.366 e. The Balaban J connectivity index is 1.63. The first-order valence-electron chi connectivity index (χ1n) is 9.77. The molecule has 0 aliphatic carbocycles. The van der Waals surface area contributed by atoms with Crippen LogP contribution in [0.4, 0.5) is 5.69 Å². The van der Waals surface area contributed by atoms with Crippen molar-refractivity contribution in [3.8, 4) is 0 Å². The van der Waals surface area contributed by atoms with Crippen LogP contribution in [0.1, 0.15) is 31.8 Å². The van der Waals surface area contributed by atoms with Crippen molar-refractivity contribution in [2.45, 2.75) is 19.0 Å². The molecule has 3 aromatic carbocycles. The third kappa shape index (κ3) is 4.29. The average Bonchev–Trinajstić information content (AvgIpc) is 2.78. The van der Waals surface area contributed by atoms with E-state index in [0.717, 1.165) is 11.1 Å². The SMILES string of the molecule is NC(=O)c1ccc(NC(=O)C2Cc3ccccc3CN2C(=O)c2ccccc2Cl)cc1. The van der Waals surface area contributed by atoms with E-state index in [2.05, 4.69) is 5.32 Å². The van der Waals surface area contributed by atoms with Crippen LogP contribution in [0.3, 0.4) is 0 Å². The molecular formula is C24H20ClN3O3. The zero-order valence-corrected chi connectivity index (χ0v) is 17.3. The topological polar surface area (TPSA) is 92.5 Å². The molecule has 1 unspecified atom stereocenters. The van der Waals surface area contributed by atoms with E-state index in [1.165, 1.54) is 0 Å². The van der Waals surface area contributed by atoms with Gasteiger partial charge in [0.1, 0.15) is 6.04 Å². The number of nitrogens with two attached hydrogens (primary N) is 1. The van der Waals surface area contributed by atoms with Gasteiger partial charge in [0.05, 0.1) is 10.6 Å². The molecule has 1 aliphatic rings. The molecule has 3 aromatic rings. The fourth-order valence-electron chi connectivity index (χ4n) is 3.70. The van der Waals surface area contributed by atoms with Gasteiger partial charge in [-0.25, -0.2) is 0 Å². The lowest BCUT2D eigenvalue weighted by molar-refractivity contribution is -0.121. The van der Waals surface area contributed by atoms with Gasteiger partial charge in [-0.1, -0.05) is 48.0 Å². The van der Waals surface area contributed by atoms with Crippen molar-refractivity contribution in [3.05, 3.63) is 100 Å². The number of halogens is 1. The fourth-order valence-corrected chi connectivity index (χ4v) is 3.92. The molecule has 0 radical (unpaired) electrons. The number of primary amides is 1. The molecule has 0 saturated heterocycles. The van der Waals surface area contributed by atoms with Gasteiger partial charge in [0.15, 0.2) is 0 Å². The number of carbonyl (C=O) groups is 3. The highest BCUT2D eigenvalue weighted by molar-refractivity contribution is 6.33. The standard InChI is InChI=1S/C24H20ClN3O3/c25-20-8-4-3-7-19(20)24(31)28-14-17-6-2-1-5-16(17)13-21(28)23(30)27-18-11-9-15(10-12-18)22(26)29/h1-12,21H,13-14H2,(H2,26,29)(H,27,30). The van der Waals surface area contributed by atoms with Crippen molar-refractivity contribution in [1.29, 1.82) is 0 Å². The van der Waals surface area contributed by atoms with E-state index in [9.17, 15) is 14.4 Å². The van der Waals surface area contributed by atoms with Crippen molar-refractivity contribution in [1.82, 2.24) is 4.90 Å². The van der Waals surface area contributed by atoms with Crippen molar-refractivity contribution < 1.29 is 14.4 Å².